The Hall–Kier alpha value is -2.38. The first-order chi connectivity index (χ1) is 8.49. The molecule has 0 atom stereocenters. The van der Waals surface area contributed by atoms with E-state index in [9.17, 15) is 10.1 Å². The molecule has 8 nitrogen and oxygen atoms in total. The van der Waals surface area contributed by atoms with Crippen LogP contribution in [0, 0.1) is 10.1 Å². The first-order valence-corrected chi connectivity index (χ1v) is 4.98. The average Bonchev–Trinajstić information content (AvgIpc) is 2.34. The molecule has 0 saturated heterocycles. The fourth-order valence-corrected chi connectivity index (χ4v) is 1.16. The summed E-state index contributed by atoms with van der Waals surface area (Å²) in [5.74, 6) is -0.00138. The highest BCUT2D eigenvalue weighted by Gasteiger charge is 2.26. The fraction of sp³-hybridized carbons (Fsp3) is 0.400. The number of nitrogens with zero attached hydrogens (tertiary/aromatic N) is 4. The molecule has 0 aliphatic rings. The Morgan fingerprint density at radius 3 is 2.06 bits per heavy atom. The molecule has 0 N–H and O–H groups in total. The molecule has 0 aromatic carbocycles. The number of hydrogen-bond donors (Lipinski definition) is 0. The van der Waals surface area contributed by atoms with E-state index in [1.54, 1.807) is 17.2 Å². The molecule has 1 rings (SSSR count). The molecule has 0 spiro atoms. The van der Waals surface area contributed by atoms with Gasteiger partial charge < -0.3 is 14.4 Å². The number of methoxy groups -OCH3 is 2. The lowest BCUT2D eigenvalue weighted by Crippen LogP contribution is -2.05. The van der Waals surface area contributed by atoms with Gasteiger partial charge in [-0.25, -0.2) is 0 Å². The molecule has 98 valence electrons. The highest BCUT2D eigenvalue weighted by Crippen LogP contribution is 2.33. The van der Waals surface area contributed by atoms with E-state index in [2.05, 4.69) is 9.97 Å². The summed E-state index contributed by atoms with van der Waals surface area (Å²) in [5.41, 5.74) is -0.387. The Morgan fingerprint density at radius 2 is 1.72 bits per heavy atom. The monoisotopic (exact) mass is 254 g/mol. The van der Waals surface area contributed by atoms with Gasteiger partial charge in [-0.3, -0.25) is 10.1 Å². The summed E-state index contributed by atoms with van der Waals surface area (Å²) in [6.45, 7) is 0. The Bertz CT molecular complexity index is 448. The molecular formula is C10H14N4O4. The highest BCUT2D eigenvalue weighted by molar-refractivity contribution is 5.53. The van der Waals surface area contributed by atoms with Crippen molar-refractivity contribution in [3.8, 4) is 11.8 Å². The quantitative estimate of drug-likeness (QED) is 0.570. The zero-order valence-electron chi connectivity index (χ0n) is 10.6. The normalized spacial score (nSPS) is 10.4. The van der Waals surface area contributed by atoms with Crippen LogP contribution in [0.25, 0.3) is 6.08 Å². The predicted molar refractivity (Wildman–Crippen MR) is 64.5 cm³/mol. The summed E-state index contributed by atoms with van der Waals surface area (Å²) in [6.07, 6.45) is 3.30. The molecule has 0 aliphatic carbocycles. The third-order valence-corrected chi connectivity index (χ3v) is 1.93. The van der Waals surface area contributed by atoms with Crippen molar-refractivity contribution in [2.75, 3.05) is 28.3 Å². The topological polar surface area (TPSA) is 90.6 Å². The van der Waals surface area contributed by atoms with Gasteiger partial charge in [0.1, 0.15) is 0 Å². The van der Waals surface area contributed by atoms with Crippen LogP contribution in [-0.4, -0.2) is 48.1 Å². The second kappa shape index (κ2) is 5.80. The maximum absolute atomic E-state index is 10.9. The standard InChI is InChI=1S/C10H14N4O4/c1-13(2)6-5-7-11-9(17-3)8(14(15)16)10(12-7)18-4/h5-6H,1-4H3/b6-5+. The van der Waals surface area contributed by atoms with Crippen LogP contribution in [0.15, 0.2) is 6.20 Å². The number of nitro groups is 1. The van der Waals surface area contributed by atoms with Crippen LogP contribution in [0.5, 0.6) is 11.8 Å². The number of hydrogen-bond acceptors (Lipinski definition) is 7. The third-order valence-electron chi connectivity index (χ3n) is 1.93. The summed E-state index contributed by atoms with van der Waals surface area (Å²) in [4.78, 5) is 19.9. The zero-order chi connectivity index (χ0) is 13.7. The lowest BCUT2D eigenvalue weighted by atomic mass is 10.4. The molecule has 0 unspecified atom stereocenters. The van der Waals surface area contributed by atoms with Crippen LogP contribution in [0.3, 0.4) is 0 Å². The van der Waals surface area contributed by atoms with Crippen molar-refractivity contribution >= 4 is 11.8 Å². The largest absolute Gasteiger partial charge is 0.476 e. The average molecular weight is 254 g/mol. The van der Waals surface area contributed by atoms with Crippen molar-refractivity contribution in [3.63, 3.8) is 0 Å². The molecule has 0 aliphatic heterocycles. The second-order valence-corrected chi connectivity index (χ2v) is 3.49. The van der Waals surface area contributed by atoms with Gasteiger partial charge >= 0.3 is 17.4 Å². The van der Waals surface area contributed by atoms with Crippen LogP contribution in [0.1, 0.15) is 5.82 Å². The number of rotatable bonds is 5. The summed E-state index contributed by atoms with van der Waals surface area (Å²) >= 11 is 0. The molecule has 0 saturated carbocycles. The third kappa shape index (κ3) is 3.06. The molecule has 0 radical (unpaired) electrons. The van der Waals surface area contributed by atoms with E-state index >= 15 is 0 Å². The second-order valence-electron chi connectivity index (χ2n) is 3.49. The van der Waals surface area contributed by atoms with Crippen LogP contribution in [-0.2, 0) is 0 Å². The van der Waals surface area contributed by atoms with E-state index in [4.69, 9.17) is 9.47 Å². The smallest absolute Gasteiger partial charge is 0.392 e. The Kier molecular flexibility index (Phi) is 4.41. The Morgan fingerprint density at radius 1 is 1.22 bits per heavy atom. The maximum atomic E-state index is 10.9. The molecule has 0 fully saturated rings. The van der Waals surface area contributed by atoms with E-state index in [-0.39, 0.29) is 23.3 Å². The molecule has 18 heavy (non-hydrogen) atoms. The molecule has 0 bridgehead atoms. The van der Waals surface area contributed by atoms with E-state index in [1.165, 1.54) is 14.2 Å². The molecule has 0 amide bonds. The van der Waals surface area contributed by atoms with E-state index in [1.807, 2.05) is 14.1 Å². The lowest BCUT2D eigenvalue weighted by Gasteiger charge is -2.06. The van der Waals surface area contributed by atoms with Gasteiger partial charge in [-0.2, -0.15) is 9.97 Å². The predicted octanol–water partition coefficient (Wildman–Crippen LogP) is 0.934. The summed E-state index contributed by atoms with van der Waals surface area (Å²) < 4.78 is 9.75. The molecular weight excluding hydrogens is 240 g/mol. The zero-order valence-corrected chi connectivity index (χ0v) is 10.6. The van der Waals surface area contributed by atoms with Crippen molar-refractivity contribution in [1.29, 1.82) is 0 Å². The highest BCUT2D eigenvalue weighted by atomic mass is 16.6. The van der Waals surface area contributed by atoms with Crippen LogP contribution < -0.4 is 9.47 Å². The van der Waals surface area contributed by atoms with Gasteiger partial charge in [0, 0.05) is 20.3 Å². The molecule has 8 heteroatoms. The van der Waals surface area contributed by atoms with Crippen LogP contribution in [0.2, 0.25) is 0 Å². The minimum atomic E-state index is -0.642. The van der Waals surface area contributed by atoms with Crippen LogP contribution >= 0.6 is 0 Å². The van der Waals surface area contributed by atoms with Gasteiger partial charge in [0.05, 0.1) is 19.1 Å². The number of ether oxygens (including phenoxy) is 2. The fourth-order valence-electron chi connectivity index (χ4n) is 1.16. The minimum Gasteiger partial charge on any atom is -0.476 e. The van der Waals surface area contributed by atoms with Gasteiger partial charge in [-0.15, -0.1) is 0 Å². The summed E-state index contributed by atoms with van der Waals surface area (Å²) in [7, 11) is 6.26. The SMILES string of the molecule is COc1nc(/C=C/N(C)C)nc(OC)c1[N+](=O)[O-]. The molecule has 1 aromatic rings. The van der Waals surface area contributed by atoms with Crippen molar-refractivity contribution in [2.24, 2.45) is 0 Å². The first-order valence-electron chi connectivity index (χ1n) is 4.98. The maximum Gasteiger partial charge on any atom is 0.392 e. The van der Waals surface area contributed by atoms with Crippen molar-refractivity contribution in [1.82, 2.24) is 14.9 Å². The first kappa shape index (κ1) is 13.7. The van der Waals surface area contributed by atoms with Gasteiger partial charge in [-0.05, 0) is 6.08 Å². The number of aromatic nitrogens is 2. The van der Waals surface area contributed by atoms with E-state index in [0.717, 1.165) is 0 Å². The minimum absolute atomic E-state index is 0.134. The van der Waals surface area contributed by atoms with Crippen molar-refractivity contribution in [2.45, 2.75) is 0 Å². The Labute approximate surface area is 104 Å². The van der Waals surface area contributed by atoms with E-state index in [0.29, 0.717) is 0 Å². The van der Waals surface area contributed by atoms with E-state index < -0.39 is 4.92 Å². The van der Waals surface area contributed by atoms with Gasteiger partial charge in [0.15, 0.2) is 5.82 Å². The summed E-state index contributed by atoms with van der Waals surface area (Å²) in [6, 6.07) is 0. The van der Waals surface area contributed by atoms with Crippen molar-refractivity contribution in [3.05, 3.63) is 22.1 Å². The summed E-state index contributed by atoms with van der Waals surface area (Å²) in [5, 5.41) is 10.9. The molecule has 1 aromatic heterocycles. The van der Waals surface area contributed by atoms with Crippen LogP contribution in [0.4, 0.5) is 5.69 Å². The van der Waals surface area contributed by atoms with Gasteiger partial charge in [-0.1, -0.05) is 0 Å². The van der Waals surface area contributed by atoms with Crippen molar-refractivity contribution < 1.29 is 14.4 Å². The Balaban J connectivity index is 3.30. The molecule has 1 heterocycles. The van der Waals surface area contributed by atoms with Gasteiger partial charge in [0.2, 0.25) is 0 Å². The van der Waals surface area contributed by atoms with Gasteiger partial charge in [0.25, 0.3) is 0 Å². The lowest BCUT2D eigenvalue weighted by molar-refractivity contribution is -0.387.